The topological polar surface area (TPSA) is 48.9 Å². The third-order valence-electron chi connectivity index (χ3n) is 3.44. The molecule has 0 saturated heterocycles. The van der Waals surface area contributed by atoms with Crippen molar-refractivity contribution in [1.82, 2.24) is 15.5 Å². The fraction of sp³-hybridized carbons (Fsp3) is 0.938. The number of guanidine groups is 1. The van der Waals surface area contributed by atoms with Crippen molar-refractivity contribution in [2.45, 2.75) is 40.5 Å². The van der Waals surface area contributed by atoms with Crippen LogP contribution in [0.4, 0.5) is 0 Å². The molecule has 0 atom stereocenters. The van der Waals surface area contributed by atoms with Gasteiger partial charge in [-0.15, -0.1) is 24.0 Å². The first-order valence-corrected chi connectivity index (χ1v) is 8.38. The molecule has 0 heterocycles. The van der Waals surface area contributed by atoms with Crippen molar-refractivity contribution in [3.05, 3.63) is 0 Å². The summed E-state index contributed by atoms with van der Waals surface area (Å²) in [6.45, 7) is 15.5. The zero-order valence-corrected chi connectivity index (χ0v) is 17.5. The zero-order chi connectivity index (χ0) is 15.9. The lowest BCUT2D eigenvalue weighted by atomic mass is 10.1. The van der Waals surface area contributed by atoms with E-state index >= 15 is 0 Å². The molecule has 0 rings (SSSR count). The molecule has 0 aromatic carbocycles. The van der Waals surface area contributed by atoms with Crippen LogP contribution in [0.3, 0.4) is 0 Å². The Morgan fingerprint density at radius 1 is 1.09 bits per heavy atom. The number of nitrogens with zero attached hydrogens (tertiary/aromatic N) is 2. The molecule has 0 aliphatic carbocycles. The number of ether oxygens (including phenoxy) is 1. The van der Waals surface area contributed by atoms with Crippen LogP contribution in [0.15, 0.2) is 4.99 Å². The lowest BCUT2D eigenvalue weighted by molar-refractivity contribution is 0.128. The van der Waals surface area contributed by atoms with Crippen LogP contribution in [0, 0.1) is 5.92 Å². The summed E-state index contributed by atoms with van der Waals surface area (Å²) in [7, 11) is 1.80. The molecule has 0 spiro atoms. The predicted octanol–water partition coefficient (Wildman–Crippen LogP) is 2.56. The molecule has 6 heteroatoms. The van der Waals surface area contributed by atoms with Gasteiger partial charge in [-0.2, -0.15) is 0 Å². The Morgan fingerprint density at radius 2 is 1.73 bits per heavy atom. The second-order valence-corrected chi connectivity index (χ2v) is 5.60. The maximum Gasteiger partial charge on any atom is 0.191 e. The van der Waals surface area contributed by atoms with Gasteiger partial charge in [0.1, 0.15) is 0 Å². The summed E-state index contributed by atoms with van der Waals surface area (Å²) in [5.74, 6) is 1.57. The fourth-order valence-electron chi connectivity index (χ4n) is 1.93. The lowest BCUT2D eigenvalue weighted by Crippen LogP contribution is -2.40. The van der Waals surface area contributed by atoms with Gasteiger partial charge in [-0.3, -0.25) is 4.99 Å². The Kier molecular flexibility index (Phi) is 19.0. The molecule has 0 aliphatic rings. The molecule has 5 nitrogen and oxygen atoms in total. The van der Waals surface area contributed by atoms with Gasteiger partial charge in [0.25, 0.3) is 0 Å². The van der Waals surface area contributed by atoms with Gasteiger partial charge < -0.3 is 20.3 Å². The van der Waals surface area contributed by atoms with Crippen molar-refractivity contribution >= 4 is 29.9 Å². The smallest absolute Gasteiger partial charge is 0.191 e. The summed E-state index contributed by atoms with van der Waals surface area (Å²) in [6.07, 6.45) is 2.26. The van der Waals surface area contributed by atoms with Crippen molar-refractivity contribution in [3.8, 4) is 0 Å². The van der Waals surface area contributed by atoms with E-state index < -0.39 is 0 Å². The van der Waals surface area contributed by atoms with Crippen molar-refractivity contribution in [1.29, 1.82) is 0 Å². The van der Waals surface area contributed by atoms with E-state index in [0.717, 1.165) is 64.7 Å². The summed E-state index contributed by atoms with van der Waals surface area (Å²) in [5, 5.41) is 6.61. The van der Waals surface area contributed by atoms with Crippen LogP contribution in [0.25, 0.3) is 0 Å². The average molecular weight is 428 g/mol. The summed E-state index contributed by atoms with van der Waals surface area (Å²) in [4.78, 5) is 6.65. The van der Waals surface area contributed by atoms with Gasteiger partial charge in [0.05, 0.1) is 6.61 Å². The fourth-order valence-corrected chi connectivity index (χ4v) is 1.93. The molecule has 0 aromatic heterocycles. The monoisotopic (exact) mass is 428 g/mol. The molecule has 0 amide bonds. The second-order valence-electron chi connectivity index (χ2n) is 5.60. The van der Waals surface area contributed by atoms with Crippen molar-refractivity contribution in [2.75, 3.05) is 53.0 Å². The van der Waals surface area contributed by atoms with Gasteiger partial charge in [0.2, 0.25) is 0 Å². The zero-order valence-electron chi connectivity index (χ0n) is 15.2. The molecule has 2 N–H and O–H groups in total. The standard InChI is InChI=1S/C16H36N4O.HI/c1-6-20(7-2)12-8-10-18-16(17-5)19-11-14-21-13-9-15(3)4;/h15H,6-14H2,1-5H3,(H2,17,18,19);1H. The maximum atomic E-state index is 5.57. The molecule has 22 heavy (non-hydrogen) atoms. The Bertz CT molecular complexity index is 259. The minimum absolute atomic E-state index is 0. The highest BCUT2D eigenvalue weighted by Gasteiger charge is 2.00. The van der Waals surface area contributed by atoms with E-state index in [0.29, 0.717) is 5.92 Å². The van der Waals surface area contributed by atoms with Crippen LogP contribution in [0.2, 0.25) is 0 Å². The number of aliphatic imine (C=N–C) groups is 1. The Morgan fingerprint density at radius 3 is 2.27 bits per heavy atom. The van der Waals surface area contributed by atoms with E-state index in [9.17, 15) is 0 Å². The molecule has 134 valence electrons. The third-order valence-corrected chi connectivity index (χ3v) is 3.44. The second kappa shape index (κ2) is 17.3. The molecule has 0 bridgehead atoms. The van der Waals surface area contributed by atoms with Crippen LogP contribution in [0.1, 0.15) is 40.5 Å². The first kappa shape index (κ1) is 24.2. The molecule has 0 unspecified atom stereocenters. The van der Waals surface area contributed by atoms with Crippen LogP contribution in [-0.2, 0) is 4.74 Å². The van der Waals surface area contributed by atoms with Gasteiger partial charge in [0, 0.05) is 26.7 Å². The van der Waals surface area contributed by atoms with Gasteiger partial charge >= 0.3 is 0 Å². The molecule has 0 saturated carbocycles. The quantitative estimate of drug-likeness (QED) is 0.217. The summed E-state index contributed by atoms with van der Waals surface area (Å²) in [5.41, 5.74) is 0. The van der Waals surface area contributed by atoms with Gasteiger partial charge in [-0.25, -0.2) is 0 Å². The van der Waals surface area contributed by atoms with Crippen LogP contribution in [-0.4, -0.2) is 63.8 Å². The largest absolute Gasteiger partial charge is 0.380 e. The van der Waals surface area contributed by atoms with E-state index in [1.54, 1.807) is 7.05 Å². The van der Waals surface area contributed by atoms with E-state index in [-0.39, 0.29) is 24.0 Å². The minimum Gasteiger partial charge on any atom is -0.380 e. The summed E-state index contributed by atoms with van der Waals surface area (Å²) in [6, 6.07) is 0. The van der Waals surface area contributed by atoms with Crippen LogP contribution < -0.4 is 10.6 Å². The van der Waals surface area contributed by atoms with Gasteiger partial charge in [-0.05, 0) is 38.4 Å². The summed E-state index contributed by atoms with van der Waals surface area (Å²) >= 11 is 0. The van der Waals surface area contributed by atoms with Crippen molar-refractivity contribution in [3.63, 3.8) is 0 Å². The molecule has 0 aromatic rings. The molecular formula is C16H37IN4O. The van der Waals surface area contributed by atoms with Crippen molar-refractivity contribution in [2.24, 2.45) is 10.9 Å². The number of nitrogens with one attached hydrogen (secondary N) is 2. The highest BCUT2D eigenvalue weighted by molar-refractivity contribution is 14.0. The normalized spacial score (nSPS) is 11.7. The molecule has 0 fully saturated rings. The predicted molar refractivity (Wildman–Crippen MR) is 107 cm³/mol. The highest BCUT2D eigenvalue weighted by Crippen LogP contribution is 1.98. The Hall–Kier alpha value is -0.0800. The van der Waals surface area contributed by atoms with Crippen LogP contribution >= 0.6 is 24.0 Å². The van der Waals surface area contributed by atoms with E-state index in [2.05, 4.69) is 48.2 Å². The average Bonchev–Trinajstić information content (AvgIpc) is 2.48. The summed E-state index contributed by atoms with van der Waals surface area (Å²) < 4.78 is 5.57. The molecular weight excluding hydrogens is 391 g/mol. The maximum absolute atomic E-state index is 5.57. The van der Waals surface area contributed by atoms with E-state index in [1.165, 1.54) is 0 Å². The Labute approximate surface area is 154 Å². The highest BCUT2D eigenvalue weighted by atomic mass is 127. The van der Waals surface area contributed by atoms with Gasteiger partial charge in [-0.1, -0.05) is 27.7 Å². The van der Waals surface area contributed by atoms with E-state index in [1.807, 2.05) is 0 Å². The van der Waals surface area contributed by atoms with Crippen molar-refractivity contribution < 1.29 is 4.74 Å². The SMILES string of the molecule is CCN(CC)CCCNC(=NC)NCCOCCC(C)C.I. The number of hydrogen-bond acceptors (Lipinski definition) is 3. The molecule has 0 aliphatic heterocycles. The number of halogens is 1. The van der Waals surface area contributed by atoms with E-state index in [4.69, 9.17) is 4.74 Å². The first-order chi connectivity index (χ1) is 10.1. The molecule has 0 radical (unpaired) electrons. The third kappa shape index (κ3) is 14.8. The van der Waals surface area contributed by atoms with Gasteiger partial charge in [0.15, 0.2) is 5.96 Å². The van der Waals surface area contributed by atoms with Crippen LogP contribution in [0.5, 0.6) is 0 Å². The number of hydrogen-bond donors (Lipinski definition) is 2. The lowest BCUT2D eigenvalue weighted by Gasteiger charge is -2.18. The first-order valence-electron chi connectivity index (χ1n) is 8.38. The number of rotatable bonds is 12. The minimum atomic E-state index is 0. The Balaban J connectivity index is 0.